The monoisotopic (exact) mass is 359 g/mol. The van der Waals surface area contributed by atoms with E-state index in [0.717, 1.165) is 12.1 Å². The van der Waals surface area contributed by atoms with Gasteiger partial charge in [0.2, 0.25) is 0 Å². The van der Waals surface area contributed by atoms with Crippen LogP contribution in [0.4, 0.5) is 24.7 Å². The van der Waals surface area contributed by atoms with Crippen molar-refractivity contribution in [1.29, 1.82) is 0 Å². The first kappa shape index (κ1) is 15.3. The number of alkyl halides is 3. The minimum Gasteiger partial charge on any atom is -0.384 e. The lowest BCUT2D eigenvalue weighted by molar-refractivity contribution is -0.136. The number of pyridine rings is 1. The fourth-order valence-electron chi connectivity index (χ4n) is 1.62. The van der Waals surface area contributed by atoms with Crippen molar-refractivity contribution in [2.24, 2.45) is 0 Å². The third kappa shape index (κ3) is 3.72. The van der Waals surface area contributed by atoms with Crippen LogP contribution < -0.4 is 11.1 Å². The number of nitrogens with zero attached hydrogens (tertiary/aromatic N) is 1. The number of nitrogens with one attached hydrogen (secondary N) is 1. The minimum absolute atomic E-state index is 0.0638. The lowest BCUT2D eigenvalue weighted by Crippen LogP contribution is -2.18. The van der Waals surface area contributed by atoms with Crippen molar-refractivity contribution in [1.82, 2.24) is 4.98 Å². The fraction of sp³-hybridized carbons (Fsp3) is 0.0769. The first-order valence-electron chi connectivity index (χ1n) is 5.68. The maximum absolute atomic E-state index is 12.9. The van der Waals surface area contributed by atoms with E-state index in [4.69, 9.17) is 5.73 Å². The summed E-state index contributed by atoms with van der Waals surface area (Å²) in [7, 11) is 0. The fourth-order valence-corrected chi connectivity index (χ4v) is 1.99. The number of carbonyl (C=O) groups excluding carboxylic acids is 1. The van der Waals surface area contributed by atoms with Gasteiger partial charge in [0.05, 0.1) is 11.3 Å². The highest BCUT2D eigenvalue weighted by atomic mass is 79.9. The third-order valence-electron chi connectivity index (χ3n) is 2.54. The number of carbonyl (C=O) groups is 1. The summed E-state index contributed by atoms with van der Waals surface area (Å²) >= 11 is 2.97. The van der Waals surface area contributed by atoms with Gasteiger partial charge >= 0.3 is 6.18 Å². The number of nitrogens with two attached hydrogens (primary N) is 1. The molecule has 8 heteroatoms. The molecule has 110 valence electrons. The van der Waals surface area contributed by atoms with Crippen LogP contribution in [0.2, 0.25) is 0 Å². The molecule has 2 rings (SSSR count). The Hall–Kier alpha value is -2.09. The number of amides is 1. The lowest BCUT2D eigenvalue weighted by Gasteiger charge is -2.14. The van der Waals surface area contributed by atoms with Gasteiger partial charge < -0.3 is 11.1 Å². The number of halogens is 4. The van der Waals surface area contributed by atoms with E-state index in [1.54, 1.807) is 0 Å². The molecule has 0 spiro atoms. The van der Waals surface area contributed by atoms with Gasteiger partial charge in [-0.15, -0.1) is 0 Å². The molecule has 0 bridgehead atoms. The number of hydrogen-bond donors (Lipinski definition) is 2. The van der Waals surface area contributed by atoms with Crippen molar-refractivity contribution >= 4 is 33.3 Å². The Kier molecular flexibility index (Phi) is 4.17. The van der Waals surface area contributed by atoms with E-state index >= 15 is 0 Å². The Balaban J connectivity index is 2.34. The molecule has 3 N–H and O–H groups in total. The SMILES string of the molecule is Nc1cccc(C(=O)Nc2ccc(Br)cc2C(F)(F)F)n1. The number of nitrogen functional groups attached to an aromatic ring is 1. The van der Waals surface area contributed by atoms with Crippen LogP contribution in [0, 0.1) is 0 Å². The largest absolute Gasteiger partial charge is 0.418 e. The Bertz CT molecular complexity index is 689. The molecular formula is C13H9BrF3N3O. The standard InChI is InChI=1S/C13H9BrF3N3O/c14-7-4-5-9(8(6-7)13(15,16)17)20-12(21)10-2-1-3-11(18)19-10/h1-6H,(H2,18,19)(H,20,21). The normalized spacial score (nSPS) is 11.2. The zero-order valence-electron chi connectivity index (χ0n) is 10.4. The first-order valence-corrected chi connectivity index (χ1v) is 6.47. The maximum Gasteiger partial charge on any atom is 0.418 e. The molecule has 1 amide bonds. The van der Waals surface area contributed by atoms with Crippen LogP contribution in [0.25, 0.3) is 0 Å². The summed E-state index contributed by atoms with van der Waals surface area (Å²) in [4.78, 5) is 15.7. The second kappa shape index (κ2) is 5.72. The number of benzene rings is 1. The van der Waals surface area contributed by atoms with Gasteiger partial charge in [0.1, 0.15) is 11.5 Å². The second-order valence-electron chi connectivity index (χ2n) is 4.09. The van der Waals surface area contributed by atoms with Crippen LogP contribution in [0.15, 0.2) is 40.9 Å². The quantitative estimate of drug-likeness (QED) is 0.858. The molecule has 0 atom stereocenters. The molecule has 0 unspecified atom stereocenters. The van der Waals surface area contributed by atoms with Gasteiger partial charge in [-0.05, 0) is 30.3 Å². The molecule has 2 aromatic rings. The highest BCUT2D eigenvalue weighted by molar-refractivity contribution is 9.10. The molecule has 0 aliphatic rings. The average molecular weight is 360 g/mol. The van der Waals surface area contributed by atoms with Crippen LogP contribution in [-0.4, -0.2) is 10.9 Å². The maximum atomic E-state index is 12.9. The molecule has 1 aromatic carbocycles. The predicted octanol–water partition coefficient (Wildman–Crippen LogP) is 3.70. The van der Waals surface area contributed by atoms with Crippen LogP contribution in [-0.2, 0) is 6.18 Å². The summed E-state index contributed by atoms with van der Waals surface area (Å²) in [6.07, 6.45) is -4.59. The van der Waals surface area contributed by atoms with Gasteiger partial charge in [0, 0.05) is 4.47 Å². The summed E-state index contributed by atoms with van der Waals surface area (Å²) in [6, 6.07) is 7.77. The molecule has 0 aliphatic carbocycles. The number of anilines is 2. The van der Waals surface area contributed by atoms with Crippen LogP contribution >= 0.6 is 15.9 Å². The van der Waals surface area contributed by atoms with Crippen LogP contribution in [0.1, 0.15) is 16.1 Å². The van der Waals surface area contributed by atoms with E-state index in [-0.39, 0.29) is 21.7 Å². The van der Waals surface area contributed by atoms with Crippen molar-refractivity contribution in [3.63, 3.8) is 0 Å². The Morgan fingerprint density at radius 2 is 1.95 bits per heavy atom. The van der Waals surface area contributed by atoms with Crippen molar-refractivity contribution in [2.75, 3.05) is 11.1 Å². The minimum atomic E-state index is -4.59. The molecule has 0 saturated heterocycles. The molecule has 0 radical (unpaired) electrons. The highest BCUT2D eigenvalue weighted by Gasteiger charge is 2.34. The molecule has 21 heavy (non-hydrogen) atoms. The van der Waals surface area contributed by atoms with Crippen LogP contribution in [0.5, 0.6) is 0 Å². The van der Waals surface area contributed by atoms with Crippen molar-refractivity contribution in [3.8, 4) is 0 Å². The summed E-state index contributed by atoms with van der Waals surface area (Å²) < 4.78 is 39.1. The van der Waals surface area contributed by atoms with E-state index in [2.05, 4.69) is 26.2 Å². The lowest BCUT2D eigenvalue weighted by atomic mass is 10.1. The van der Waals surface area contributed by atoms with E-state index in [1.165, 1.54) is 24.3 Å². The third-order valence-corrected chi connectivity index (χ3v) is 3.03. The van der Waals surface area contributed by atoms with E-state index < -0.39 is 17.6 Å². The van der Waals surface area contributed by atoms with E-state index in [1.807, 2.05) is 0 Å². The van der Waals surface area contributed by atoms with Crippen LogP contribution in [0.3, 0.4) is 0 Å². The van der Waals surface area contributed by atoms with Gasteiger partial charge in [0.15, 0.2) is 0 Å². The average Bonchev–Trinajstić information content (AvgIpc) is 2.39. The first-order chi connectivity index (χ1) is 9.77. The molecular weight excluding hydrogens is 351 g/mol. The molecule has 0 saturated carbocycles. The van der Waals surface area contributed by atoms with Gasteiger partial charge in [-0.25, -0.2) is 4.98 Å². The molecule has 0 fully saturated rings. The number of hydrogen-bond acceptors (Lipinski definition) is 3. The summed E-state index contributed by atoms with van der Waals surface area (Å²) in [5.41, 5.74) is 4.07. The molecule has 1 aromatic heterocycles. The smallest absolute Gasteiger partial charge is 0.384 e. The Morgan fingerprint density at radius 3 is 2.57 bits per heavy atom. The number of rotatable bonds is 2. The summed E-state index contributed by atoms with van der Waals surface area (Å²) in [6.45, 7) is 0. The zero-order chi connectivity index (χ0) is 15.6. The number of aromatic nitrogens is 1. The van der Waals surface area contributed by atoms with Gasteiger partial charge in [-0.1, -0.05) is 22.0 Å². The van der Waals surface area contributed by atoms with Crippen molar-refractivity contribution in [3.05, 3.63) is 52.1 Å². The highest BCUT2D eigenvalue weighted by Crippen LogP contribution is 2.36. The summed E-state index contributed by atoms with van der Waals surface area (Å²) in [5.74, 6) is -0.662. The van der Waals surface area contributed by atoms with Gasteiger partial charge in [0.25, 0.3) is 5.91 Å². The Labute approximate surface area is 126 Å². The van der Waals surface area contributed by atoms with Crippen molar-refractivity contribution < 1.29 is 18.0 Å². The second-order valence-corrected chi connectivity index (χ2v) is 5.01. The molecule has 4 nitrogen and oxygen atoms in total. The summed E-state index contributed by atoms with van der Waals surface area (Å²) in [5, 5.41) is 2.19. The molecule has 0 aliphatic heterocycles. The van der Waals surface area contributed by atoms with E-state index in [9.17, 15) is 18.0 Å². The van der Waals surface area contributed by atoms with E-state index in [0.29, 0.717) is 0 Å². The zero-order valence-corrected chi connectivity index (χ0v) is 12.0. The van der Waals surface area contributed by atoms with Crippen molar-refractivity contribution in [2.45, 2.75) is 6.18 Å². The predicted molar refractivity (Wildman–Crippen MR) is 75.7 cm³/mol. The Morgan fingerprint density at radius 1 is 1.24 bits per heavy atom. The van der Waals surface area contributed by atoms with Gasteiger partial charge in [-0.2, -0.15) is 13.2 Å². The van der Waals surface area contributed by atoms with Gasteiger partial charge in [-0.3, -0.25) is 4.79 Å². The molecule has 1 heterocycles. The topological polar surface area (TPSA) is 68.0 Å².